The summed E-state index contributed by atoms with van der Waals surface area (Å²) in [5.41, 5.74) is -0.0795. The Kier molecular flexibility index (Phi) is 6.32. The average molecular weight is 310 g/mol. The molecule has 1 rings (SSSR count). The Morgan fingerprint density at radius 3 is 2.55 bits per heavy atom. The van der Waals surface area contributed by atoms with Crippen LogP contribution in [0.25, 0.3) is 0 Å². The molecule has 1 aromatic rings. The Morgan fingerprint density at radius 1 is 1.41 bits per heavy atom. The van der Waals surface area contributed by atoms with E-state index in [1.54, 1.807) is 26.0 Å². The van der Waals surface area contributed by atoms with Gasteiger partial charge in [0.2, 0.25) is 0 Å². The molecular formula is C16H26N2O4. The third-order valence-corrected chi connectivity index (χ3v) is 3.99. The molecule has 0 heterocycles. The van der Waals surface area contributed by atoms with Gasteiger partial charge in [-0.15, -0.1) is 0 Å². The predicted molar refractivity (Wildman–Crippen MR) is 86.1 cm³/mol. The van der Waals surface area contributed by atoms with E-state index in [0.29, 0.717) is 13.2 Å². The fourth-order valence-corrected chi connectivity index (χ4v) is 1.91. The fourth-order valence-electron chi connectivity index (χ4n) is 1.91. The second-order valence-electron chi connectivity index (χ2n) is 6.03. The maximum atomic E-state index is 11.1. The topological polar surface area (TPSA) is 84.6 Å². The van der Waals surface area contributed by atoms with E-state index in [-0.39, 0.29) is 23.4 Å². The molecule has 22 heavy (non-hydrogen) atoms. The van der Waals surface area contributed by atoms with E-state index in [9.17, 15) is 15.2 Å². The van der Waals surface area contributed by atoms with Gasteiger partial charge in [0.15, 0.2) is 5.75 Å². The largest absolute Gasteiger partial charge is 0.487 e. The first-order valence-electron chi connectivity index (χ1n) is 7.56. The number of nitrogens with one attached hydrogen (secondary N) is 1. The van der Waals surface area contributed by atoms with E-state index in [2.05, 4.69) is 5.32 Å². The lowest BCUT2D eigenvalue weighted by Crippen LogP contribution is -2.42. The van der Waals surface area contributed by atoms with Gasteiger partial charge in [-0.1, -0.05) is 19.9 Å². The van der Waals surface area contributed by atoms with Crippen molar-refractivity contribution in [2.24, 2.45) is 5.92 Å². The van der Waals surface area contributed by atoms with Gasteiger partial charge in [-0.25, -0.2) is 0 Å². The van der Waals surface area contributed by atoms with Crippen LogP contribution in [0.1, 0.15) is 46.2 Å². The number of nitro benzene ring substituents is 1. The van der Waals surface area contributed by atoms with Crippen molar-refractivity contribution in [1.29, 1.82) is 0 Å². The van der Waals surface area contributed by atoms with Gasteiger partial charge in [0.05, 0.1) is 17.1 Å². The van der Waals surface area contributed by atoms with Crippen LogP contribution in [-0.4, -0.2) is 28.8 Å². The first-order chi connectivity index (χ1) is 10.2. The van der Waals surface area contributed by atoms with Crippen LogP contribution >= 0.6 is 0 Å². The van der Waals surface area contributed by atoms with Crippen molar-refractivity contribution < 1.29 is 14.8 Å². The van der Waals surface area contributed by atoms with Gasteiger partial charge < -0.3 is 15.2 Å². The zero-order valence-electron chi connectivity index (χ0n) is 13.9. The number of ether oxygens (including phenoxy) is 1. The van der Waals surface area contributed by atoms with Crippen molar-refractivity contribution in [1.82, 2.24) is 5.32 Å². The molecule has 0 aliphatic carbocycles. The number of rotatable bonds is 8. The van der Waals surface area contributed by atoms with Gasteiger partial charge >= 0.3 is 5.69 Å². The number of nitrogens with zero attached hydrogens (tertiary/aromatic N) is 1. The highest BCUT2D eigenvalue weighted by Crippen LogP contribution is 2.30. The van der Waals surface area contributed by atoms with Crippen LogP contribution in [0, 0.1) is 16.0 Å². The van der Waals surface area contributed by atoms with Crippen LogP contribution in [0.5, 0.6) is 5.75 Å². The van der Waals surface area contributed by atoms with E-state index < -0.39 is 10.5 Å². The second-order valence-corrected chi connectivity index (χ2v) is 6.03. The minimum atomic E-state index is -0.828. The number of hydrogen-bond acceptors (Lipinski definition) is 5. The Balaban J connectivity index is 2.88. The molecule has 0 saturated carbocycles. The molecule has 0 bridgehead atoms. The molecule has 124 valence electrons. The van der Waals surface area contributed by atoms with E-state index in [1.807, 2.05) is 20.8 Å². The second kappa shape index (κ2) is 7.56. The summed E-state index contributed by atoms with van der Waals surface area (Å²) in [5.74, 6) is 0.388. The lowest BCUT2D eigenvalue weighted by molar-refractivity contribution is -0.385. The van der Waals surface area contributed by atoms with E-state index >= 15 is 0 Å². The number of aliphatic hydroxyl groups is 1. The number of benzene rings is 1. The third kappa shape index (κ3) is 4.68. The summed E-state index contributed by atoms with van der Waals surface area (Å²) in [6.07, 6.45) is 0. The molecule has 0 aliphatic rings. The zero-order chi connectivity index (χ0) is 16.9. The molecule has 2 N–H and O–H groups in total. The normalized spacial score (nSPS) is 15.4. The van der Waals surface area contributed by atoms with Crippen LogP contribution in [0.15, 0.2) is 18.2 Å². The van der Waals surface area contributed by atoms with Gasteiger partial charge in [-0.2, -0.15) is 0 Å². The van der Waals surface area contributed by atoms with Crippen molar-refractivity contribution in [2.45, 2.75) is 46.3 Å². The summed E-state index contributed by atoms with van der Waals surface area (Å²) in [6, 6.07) is 4.84. The van der Waals surface area contributed by atoms with Crippen LogP contribution < -0.4 is 10.1 Å². The SMILES string of the molecule is CCOc1ccc(C(C)NCC(C)(O)C(C)C)cc1[N+](=O)[O-]. The maximum Gasteiger partial charge on any atom is 0.311 e. The standard InChI is InChI=1S/C16H26N2O4/c1-6-22-15-8-7-13(9-14(15)18(20)21)12(4)17-10-16(5,19)11(2)3/h7-9,11-12,17,19H,6,10H2,1-5H3. The Labute approximate surface area is 131 Å². The summed E-state index contributed by atoms with van der Waals surface area (Å²) >= 11 is 0. The Hall–Kier alpha value is -1.66. The molecule has 0 amide bonds. The Bertz CT molecular complexity index is 515. The van der Waals surface area contributed by atoms with Gasteiger partial charge in [-0.3, -0.25) is 10.1 Å². The summed E-state index contributed by atoms with van der Waals surface area (Å²) in [4.78, 5) is 10.7. The predicted octanol–water partition coefficient (Wildman–Crippen LogP) is 3.05. The van der Waals surface area contributed by atoms with Gasteiger partial charge in [0.25, 0.3) is 0 Å². The summed E-state index contributed by atoms with van der Waals surface area (Å²) in [7, 11) is 0. The van der Waals surface area contributed by atoms with Gasteiger partial charge in [-0.05, 0) is 38.3 Å². The summed E-state index contributed by atoms with van der Waals surface area (Å²) in [6.45, 7) is 10.2. The fraction of sp³-hybridized carbons (Fsp3) is 0.625. The molecule has 2 unspecified atom stereocenters. The average Bonchev–Trinajstić information content (AvgIpc) is 2.45. The first-order valence-corrected chi connectivity index (χ1v) is 7.56. The molecule has 0 fully saturated rings. The van der Waals surface area contributed by atoms with Gasteiger partial charge in [0, 0.05) is 18.7 Å². The van der Waals surface area contributed by atoms with Crippen molar-refractivity contribution in [3.8, 4) is 5.75 Å². The quantitative estimate of drug-likeness (QED) is 0.569. The molecular weight excluding hydrogens is 284 g/mol. The van der Waals surface area contributed by atoms with Crippen molar-refractivity contribution in [3.05, 3.63) is 33.9 Å². The minimum Gasteiger partial charge on any atom is -0.487 e. The molecule has 0 aliphatic heterocycles. The van der Waals surface area contributed by atoms with Crippen molar-refractivity contribution in [3.63, 3.8) is 0 Å². The van der Waals surface area contributed by atoms with Crippen molar-refractivity contribution in [2.75, 3.05) is 13.2 Å². The lowest BCUT2D eigenvalue weighted by atomic mass is 9.92. The molecule has 0 aromatic heterocycles. The third-order valence-electron chi connectivity index (χ3n) is 3.99. The highest BCUT2D eigenvalue weighted by Gasteiger charge is 2.26. The van der Waals surface area contributed by atoms with Crippen LogP contribution in [0.4, 0.5) is 5.69 Å². The molecule has 6 nitrogen and oxygen atoms in total. The lowest BCUT2D eigenvalue weighted by Gasteiger charge is -2.29. The Morgan fingerprint density at radius 2 is 2.05 bits per heavy atom. The van der Waals surface area contributed by atoms with Crippen LogP contribution in [-0.2, 0) is 0 Å². The highest BCUT2D eigenvalue weighted by molar-refractivity contribution is 5.49. The minimum absolute atomic E-state index is 0.0383. The molecule has 0 radical (unpaired) electrons. The summed E-state index contributed by atoms with van der Waals surface area (Å²) in [5, 5.41) is 24.6. The van der Waals surface area contributed by atoms with E-state index in [0.717, 1.165) is 5.56 Å². The van der Waals surface area contributed by atoms with Crippen LogP contribution in [0.2, 0.25) is 0 Å². The number of hydrogen-bond donors (Lipinski definition) is 2. The zero-order valence-corrected chi connectivity index (χ0v) is 13.9. The van der Waals surface area contributed by atoms with Crippen molar-refractivity contribution >= 4 is 5.69 Å². The number of nitro groups is 1. The van der Waals surface area contributed by atoms with E-state index in [4.69, 9.17) is 4.74 Å². The molecule has 1 aromatic carbocycles. The van der Waals surface area contributed by atoms with Gasteiger partial charge in [0.1, 0.15) is 0 Å². The van der Waals surface area contributed by atoms with Crippen LogP contribution in [0.3, 0.4) is 0 Å². The monoisotopic (exact) mass is 310 g/mol. The molecule has 2 atom stereocenters. The first kappa shape index (κ1) is 18.4. The molecule has 0 spiro atoms. The highest BCUT2D eigenvalue weighted by atomic mass is 16.6. The molecule has 0 saturated heterocycles. The summed E-state index contributed by atoms with van der Waals surface area (Å²) < 4.78 is 5.28. The maximum absolute atomic E-state index is 11.1. The molecule has 6 heteroatoms. The smallest absolute Gasteiger partial charge is 0.311 e. The van der Waals surface area contributed by atoms with E-state index in [1.165, 1.54) is 6.07 Å².